The molecule has 2 aliphatic heterocycles. The van der Waals surface area contributed by atoms with Gasteiger partial charge in [-0.3, -0.25) is 4.90 Å². The third-order valence-corrected chi connectivity index (χ3v) is 11.3. The zero-order valence-corrected chi connectivity index (χ0v) is 34.2. The standard InChI is InChI=1S/C30H31Cl2N4O3.C9H6F3N4O2.Ni/c1-38-15-14-36-18-30(34-29(36)37)12-13-35(17-30)25-11-10-19-16-24(33-28(39-2)26(19)25)22-8-5-7-21(27(22)32)20-6-3-4-9-23(20)31;1-15-5-4(6(17)16(2)8(15)18)3-13-7(14-5)9(10,11)12;/h3-8,16,25H,10-15,17-18H2,1-2H3,(H,34,37);1-2H3;/q2*-1;+2/t25-,30-;;/m1../s1. The first kappa shape index (κ1) is 43.1. The summed E-state index contributed by atoms with van der Waals surface area (Å²) < 4.78 is 49.9. The third-order valence-electron chi connectivity index (χ3n) is 10.6. The average Bonchev–Trinajstić information content (AvgIpc) is 3.90. The Bertz CT molecular complexity index is 2500. The quantitative estimate of drug-likeness (QED) is 0.167. The number of aromatic nitrogens is 5. The van der Waals surface area contributed by atoms with Crippen LogP contribution in [0.2, 0.25) is 10.0 Å². The van der Waals surface area contributed by atoms with E-state index >= 15 is 0 Å². The first-order valence-corrected chi connectivity index (χ1v) is 18.7. The smallest absolute Gasteiger partial charge is 0.481 e. The largest absolute Gasteiger partial charge is 2.00 e. The van der Waals surface area contributed by atoms with E-state index in [0.717, 1.165) is 69.4 Å². The Kier molecular flexibility index (Phi) is 12.6. The number of benzene rings is 2. The number of aryl methyl sites for hydroxylation is 2. The molecule has 5 heterocycles. The number of carbonyl (C=O) groups excluding carboxylic acids is 1. The third kappa shape index (κ3) is 8.07. The molecule has 2 fully saturated rings. The summed E-state index contributed by atoms with van der Waals surface area (Å²) in [6.45, 7) is 3.57. The van der Waals surface area contributed by atoms with Crippen molar-refractivity contribution in [2.75, 3.05) is 47.0 Å². The van der Waals surface area contributed by atoms with Gasteiger partial charge >= 0.3 is 34.4 Å². The number of amides is 2. The molecule has 13 nitrogen and oxygen atoms in total. The van der Waals surface area contributed by atoms with Gasteiger partial charge in [0.2, 0.25) is 5.88 Å². The number of methoxy groups -OCH3 is 2. The number of nitrogens with zero attached hydrogens (tertiary/aromatic N) is 7. The normalized spacial score (nSPS) is 18.9. The van der Waals surface area contributed by atoms with Crippen LogP contribution in [0.1, 0.15) is 35.8 Å². The first-order chi connectivity index (χ1) is 27.2. The van der Waals surface area contributed by atoms with E-state index in [1.54, 1.807) is 20.3 Å². The Balaban J connectivity index is 0.000000251. The van der Waals surface area contributed by atoms with Crippen molar-refractivity contribution in [2.24, 2.45) is 14.1 Å². The van der Waals surface area contributed by atoms with Gasteiger partial charge in [-0.1, -0.05) is 40.4 Å². The molecule has 19 heteroatoms. The van der Waals surface area contributed by atoms with Crippen LogP contribution in [-0.4, -0.2) is 92.5 Å². The van der Waals surface area contributed by atoms with Crippen LogP contribution in [0, 0.1) is 12.3 Å². The Morgan fingerprint density at radius 3 is 2.47 bits per heavy atom. The second kappa shape index (κ2) is 17.0. The van der Waals surface area contributed by atoms with E-state index in [9.17, 15) is 27.6 Å². The van der Waals surface area contributed by atoms with Gasteiger partial charge in [0.15, 0.2) is 11.4 Å². The van der Waals surface area contributed by atoms with Gasteiger partial charge in [0.25, 0.3) is 0 Å². The van der Waals surface area contributed by atoms with Crippen LogP contribution >= 0.6 is 23.2 Å². The molecule has 0 unspecified atom stereocenters. The summed E-state index contributed by atoms with van der Waals surface area (Å²) in [4.78, 5) is 51.2. The molecular weight excluding hydrogens is 847 g/mol. The Morgan fingerprint density at radius 2 is 1.76 bits per heavy atom. The maximum atomic E-state index is 12.6. The minimum Gasteiger partial charge on any atom is -0.481 e. The molecule has 1 aliphatic carbocycles. The van der Waals surface area contributed by atoms with E-state index in [2.05, 4.69) is 32.3 Å². The number of pyridine rings is 1. The maximum Gasteiger partial charge on any atom is 2.00 e. The van der Waals surface area contributed by atoms with E-state index in [-0.39, 0.29) is 39.5 Å². The van der Waals surface area contributed by atoms with Crippen LogP contribution in [0.25, 0.3) is 33.4 Å². The molecule has 0 saturated carbocycles. The summed E-state index contributed by atoms with van der Waals surface area (Å²) in [5, 5.41) is 4.13. The molecule has 5 aromatic rings. The van der Waals surface area contributed by atoms with Gasteiger partial charge in [0.05, 0.1) is 30.6 Å². The zero-order chi connectivity index (χ0) is 40.8. The second-order valence-electron chi connectivity index (χ2n) is 14.1. The van der Waals surface area contributed by atoms with Gasteiger partial charge in [-0.15, -0.1) is 17.2 Å². The van der Waals surface area contributed by atoms with Crippen LogP contribution < -0.4 is 21.3 Å². The number of carbonyl (C=O) groups is 1. The van der Waals surface area contributed by atoms with Crippen molar-refractivity contribution in [3.63, 3.8) is 0 Å². The Labute approximate surface area is 351 Å². The van der Waals surface area contributed by atoms with E-state index < -0.39 is 28.9 Å². The van der Waals surface area contributed by atoms with Gasteiger partial charge in [0, 0.05) is 69.6 Å². The Hall–Kier alpha value is -4.54. The number of rotatable bonds is 7. The predicted molar refractivity (Wildman–Crippen MR) is 206 cm³/mol. The van der Waals surface area contributed by atoms with Crippen molar-refractivity contribution < 1.29 is 43.9 Å². The summed E-state index contributed by atoms with van der Waals surface area (Å²) >= 11 is 13.4. The molecule has 1 N–H and O–H groups in total. The van der Waals surface area contributed by atoms with Gasteiger partial charge in [-0.05, 0) is 42.5 Å². The number of hydrogen-bond donors (Lipinski definition) is 1. The van der Waals surface area contributed by atoms with Crippen LogP contribution in [-0.2, 0) is 47.9 Å². The molecule has 0 bridgehead atoms. The fourth-order valence-electron chi connectivity index (χ4n) is 7.79. The number of halogens is 5. The molecular formula is C39H37Cl2F3N8NiO5. The summed E-state index contributed by atoms with van der Waals surface area (Å²) in [5.74, 6) is -0.811. The van der Waals surface area contributed by atoms with Crippen molar-refractivity contribution in [2.45, 2.75) is 37.0 Å². The van der Waals surface area contributed by atoms with Gasteiger partial charge in [-0.25, -0.2) is 14.6 Å². The predicted octanol–water partition coefficient (Wildman–Crippen LogP) is 5.48. The second-order valence-corrected chi connectivity index (χ2v) is 14.9. The van der Waals surface area contributed by atoms with Gasteiger partial charge in [-0.2, -0.15) is 37.4 Å². The maximum absolute atomic E-state index is 12.6. The number of nitrogens with one attached hydrogen (secondary N) is 1. The number of likely N-dealkylation sites (tertiary alicyclic amines) is 1. The van der Waals surface area contributed by atoms with Crippen LogP contribution in [0.3, 0.4) is 0 Å². The Morgan fingerprint density at radius 1 is 1.02 bits per heavy atom. The molecule has 2 atom stereocenters. The number of hydrogen-bond acceptors (Lipinski definition) is 9. The molecule has 3 aromatic heterocycles. The molecule has 308 valence electrons. The molecule has 2 saturated heterocycles. The van der Waals surface area contributed by atoms with E-state index in [0.29, 0.717) is 35.6 Å². The molecule has 58 heavy (non-hydrogen) atoms. The van der Waals surface area contributed by atoms with Crippen molar-refractivity contribution in [1.82, 2.24) is 39.2 Å². The van der Waals surface area contributed by atoms with Crippen molar-refractivity contribution in [3.8, 4) is 28.3 Å². The summed E-state index contributed by atoms with van der Waals surface area (Å²) in [5.41, 5.74) is 3.49. The molecule has 0 radical (unpaired) electrons. The van der Waals surface area contributed by atoms with Crippen molar-refractivity contribution in [1.29, 1.82) is 0 Å². The monoisotopic (exact) mass is 882 g/mol. The van der Waals surface area contributed by atoms with Crippen molar-refractivity contribution >= 4 is 40.3 Å². The SMILES string of the molecule is COCCN1C[C@]2(CCN([C@@H]3CCc4cc(-c5cccc(-c6ccc[c-]c6Cl)c5Cl)nc(OC)c43)C2)NC1=O.Cn1c(=O)c2[c-]nc(C(F)(F)F)nc2n(C)c1=O.[Ni+2]. The van der Waals surface area contributed by atoms with Gasteiger partial charge in [0.1, 0.15) is 0 Å². The van der Waals surface area contributed by atoms with E-state index in [1.807, 2.05) is 41.4 Å². The zero-order valence-electron chi connectivity index (χ0n) is 31.7. The minimum atomic E-state index is -4.76. The van der Waals surface area contributed by atoms with Crippen LogP contribution in [0.15, 0.2) is 52.1 Å². The first-order valence-electron chi connectivity index (χ1n) is 17.9. The van der Waals surface area contributed by atoms with E-state index in [1.165, 1.54) is 19.7 Å². The molecule has 2 amide bonds. The number of urea groups is 1. The minimum absolute atomic E-state index is 0. The molecule has 8 rings (SSSR count). The van der Waals surface area contributed by atoms with Gasteiger partial charge < -0.3 is 43.6 Å². The molecule has 2 aromatic carbocycles. The number of ether oxygens (including phenoxy) is 2. The number of fused-ring (bicyclic) bond motifs is 2. The average molecular weight is 884 g/mol. The summed E-state index contributed by atoms with van der Waals surface area (Å²) in [7, 11) is 5.75. The fraction of sp³-hybridized carbons (Fsp3) is 0.385. The number of alkyl halides is 3. The van der Waals surface area contributed by atoms with Crippen LogP contribution in [0.4, 0.5) is 18.0 Å². The van der Waals surface area contributed by atoms with Crippen molar-refractivity contribution in [3.05, 3.63) is 103 Å². The van der Waals surface area contributed by atoms with E-state index in [4.69, 9.17) is 37.7 Å². The molecule has 3 aliphatic rings. The topological polar surface area (TPSA) is 137 Å². The fourth-order valence-corrected chi connectivity index (χ4v) is 8.34. The molecule has 1 spiro atoms. The summed E-state index contributed by atoms with van der Waals surface area (Å²) in [6, 6.07) is 16.9. The van der Waals surface area contributed by atoms with Crippen LogP contribution in [0.5, 0.6) is 5.88 Å². The summed E-state index contributed by atoms with van der Waals surface area (Å²) in [6.07, 6.45) is 0.0485.